The van der Waals surface area contributed by atoms with Gasteiger partial charge >= 0.3 is 0 Å². The fourth-order valence-electron chi connectivity index (χ4n) is 1.85. The van der Waals surface area contributed by atoms with Crippen LogP contribution in [0.5, 0.6) is 0 Å². The second kappa shape index (κ2) is 3.49. The first-order valence-corrected chi connectivity index (χ1v) is 5.00. The van der Waals surface area contributed by atoms with E-state index >= 15 is 0 Å². The van der Waals surface area contributed by atoms with Crippen LogP contribution < -0.4 is 10.5 Å². The lowest BCUT2D eigenvalue weighted by atomic mass is 10.1. The standard InChI is InChI=1S/C10H13N3O2/c1-6(2)13-8(14)4-3-7-9(13)11-5-12-10(7)15/h5-6H,3-4H2,1-2H3,(H,11,12,15). The van der Waals surface area contributed by atoms with Gasteiger partial charge in [-0.05, 0) is 20.3 Å². The molecule has 1 aliphatic rings. The maximum atomic E-state index is 11.7. The molecule has 2 heterocycles. The molecule has 0 radical (unpaired) electrons. The molecule has 1 aromatic rings. The van der Waals surface area contributed by atoms with Crippen molar-refractivity contribution in [3.8, 4) is 0 Å². The van der Waals surface area contributed by atoms with Crippen LogP contribution in [0.3, 0.4) is 0 Å². The van der Waals surface area contributed by atoms with Gasteiger partial charge in [0.1, 0.15) is 5.82 Å². The Morgan fingerprint density at radius 1 is 1.40 bits per heavy atom. The van der Waals surface area contributed by atoms with Crippen molar-refractivity contribution in [2.75, 3.05) is 4.90 Å². The number of hydrogen-bond acceptors (Lipinski definition) is 3. The summed E-state index contributed by atoms with van der Waals surface area (Å²) in [5, 5.41) is 0. The van der Waals surface area contributed by atoms with Gasteiger partial charge in [0.05, 0.1) is 11.9 Å². The molecule has 1 aromatic heterocycles. The Hall–Kier alpha value is -1.65. The molecule has 0 bridgehead atoms. The zero-order valence-corrected chi connectivity index (χ0v) is 8.78. The minimum absolute atomic E-state index is 0.0332. The second-order valence-corrected chi connectivity index (χ2v) is 3.89. The lowest BCUT2D eigenvalue weighted by Gasteiger charge is -2.30. The average Bonchev–Trinajstić information content (AvgIpc) is 2.17. The van der Waals surface area contributed by atoms with Crippen molar-refractivity contribution in [1.29, 1.82) is 0 Å². The Morgan fingerprint density at radius 3 is 2.80 bits per heavy atom. The molecule has 0 fully saturated rings. The predicted octanol–water partition coefficient (Wildman–Crippen LogP) is 0.457. The van der Waals surface area contributed by atoms with Gasteiger partial charge < -0.3 is 4.98 Å². The van der Waals surface area contributed by atoms with Crippen LogP contribution in [0.25, 0.3) is 0 Å². The van der Waals surface area contributed by atoms with E-state index in [9.17, 15) is 9.59 Å². The predicted molar refractivity (Wildman–Crippen MR) is 55.8 cm³/mol. The summed E-state index contributed by atoms with van der Waals surface area (Å²) in [6.45, 7) is 3.83. The summed E-state index contributed by atoms with van der Waals surface area (Å²) in [5.74, 6) is 0.556. The molecule has 0 atom stereocenters. The highest BCUT2D eigenvalue weighted by Gasteiger charge is 2.28. The number of hydrogen-bond donors (Lipinski definition) is 1. The van der Waals surface area contributed by atoms with Gasteiger partial charge in [-0.25, -0.2) is 4.98 Å². The van der Waals surface area contributed by atoms with Crippen molar-refractivity contribution in [1.82, 2.24) is 9.97 Å². The van der Waals surface area contributed by atoms with Crippen LogP contribution in [-0.4, -0.2) is 21.9 Å². The molecule has 0 spiro atoms. The van der Waals surface area contributed by atoms with E-state index in [1.165, 1.54) is 6.33 Å². The fraction of sp³-hybridized carbons (Fsp3) is 0.500. The molecule has 0 saturated carbocycles. The molecule has 0 aromatic carbocycles. The van der Waals surface area contributed by atoms with Crippen LogP contribution in [0.1, 0.15) is 25.8 Å². The molecule has 0 unspecified atom stereocenters. The van der Waals surface area contributed by atoms with E-state index in [1.807, 2.05) is 13.8 Å². The van der Waals surface area contributed by atoms with Gasteiger partial charge in [0.15, 0.2) is 0 Å². The summed E-state index contributed by atoms with van der Waals surface area (Å²) in [6, 6.07) is 0.0332. The van der Waals surface area contributed by atoms with Gasteiger partial charge in [0, 0.05) is 12.5 Å². The Morgan fingerprint density at radius 2 is 2.13 bits per heavy atom. The van der Waals surface area contributed by atoms with E-state index in [4.69, 9.17) is 0 Å². The lowest BCUT2D eigenvalue weighted by molar-refractivity contribution is -0.119. The first-order chi connectivity index (χ1) is 7.11. The van der Waals surface area contributed by atoms with Gasteiger partial charge in [-0.1, -0.05) is 0 Å². The van der Waals surface area contributed by atoms with E-state index in [2.05, 4.69) is 9.97 Å². The number of aromatic nitrogens is 2. The number of nitrogens with one attached hydrogen (secondary N) is 1. The maximum absolute atomic E-state index is 11.7. The molecular weight excluding hydrogens is 194 g/mol. The summed E-state index contributed by atoms with van der Waals surface area (Å²) >= 11 is 0. The largest absolute Gasteiger partial charge is 0.313 e. The molecule has 1 aliphatic heterocycles. The number of rotatable bonds is 1. The minimum Gasteiger partial charge on any atom is -0.313 e. The number of fused-ring (bicyclic) bond motifs is 1. The zero-order chi connectivity index (χ0) is 11.0. The second-order valence-electron chi connectivity index (χ2n) is 3.89. The summed E-state index contributed by atoms with van der Waals surface area (Å²) in [5.41, 5.74) is 0.476. The Balaban J connectivity index is 2.58. The van der Waals surface area contributed by atoms with Gasteiger partial charge in [-0.2, -0.15) is 0 Å². The van der Waals surface area contributed by atoms with Gasteiger partial charge in [-0.3, -0.25) is 14.5 Å². The van der Waals surface area contributed by atoms with Crippen molar-refractivity contribution >= 4 is 11.7 Å². The SMILES string of the molecule is CC(C)N1C(=O)CCc2c1nc[nH]c2=O. The molecule has 5 nitrogen and oxygen atoms in total. The third-order valence-electron chi connectivity index (χ3n) is 2.53. The first-order valence-electron chi connectivity index (χ1n) is 5.00. The normalized spacial score (nSPS) is 15.7. The highest BCUT2D eigenvalue weighted by Crippen LogP contribution is 2.23. The Bertz CT molecular complexity index is 450. The van der Waals surface area contributed by atoms with Gasteiger partial charge in [-0.15, -0.1) is 0 Å². The number of H-pyrrole nitrogens is 1. The van der Waals surface area contributed by atoms with Crippen LogP contribution in [0.15, 0.2) is 11.1 Å². The van der Waals surface area contributed by atoms with E-state index in [0.717, 1.165) is 0 Å². The molecule has 0 saturated heterocycles. The Kier molecular flexibility index (Phi) is 2.30. The zero-order valence-electron chi connectivity index (χ0n) is 8.78. The highest BCUT2D eigenvalue weighted by molar-refractivity contribution is 5.95. The van der Waals surface area contributed by atoms with Gasteiger partial charge in [0.25, 0.3) is 5.56 Å². The summed E-state index contributed by atoms with van der Waals surface area (Å²) in [7, 11) is 0. The lowest BCUT2D eigenvalue weighted by Crippen LogP contribution is -2.42. The van der Waals surface area contributed by atoms with Crippen molar-refractivity contribution in [2.45, 2.75) is 32.7 Å². The number of anilines is 1. The van der Waals surface area contributed by atoms with Crippen LogP contribution >= 0.6 is 0 Å². The molecule has 2 rings (SSSR count). The highest BCUT2D eigenvalue weighted by atomic mass is 16.2. The van der Waals surface area contributed by atoms with Crippen molar-refractivity contribution in [2.24, 2.45) is 0 Å². The number of carbonyl (C=O) groups excluding carboxylic acids is 1. The van der Waals surface area contributed by atoms with E-state index in [-0.39, 0.29) is 17.5 Å². The number of amides is 1. The molecular formula is C10H13N3O2. The van der Waals surface area contributed by atoms with E-state index in [1.54, 1.807) is 4.90 Å². The number of carbonyl (C=O) groups is 1. The van der Waals surface area contributed by atoms with Crippen LogP contribution in [0.4, 0.5) is 5.82 Å². The molecule has 0 aliphatic carbocycles. The van der Waals surface area contributed by atoms with Crippen molar-refractivity contribution < 1.29 is 4.79 Å². The fourth-order valence-corrected chi connectivity index (χ4v) is 1.85. The quantitative estimate of drug-likeness (QED) is 0.727. The monoisotopic (exact) mass is 207 g/mol. The van der Waals surface area contributed by atoms with Crippen LogP contribution in [0, 0.1) is 0 Å². The Labute approximate surface area is 87.1 Å². The molecule has 80 valence electrons. The van der Waals surface area contributed by atoms with Gasteiger partial charge in [0.2, 0.25) is 5.91 Å². The first kappa shape index (κ1) is 9.89. The van der Waals surface area contributed by atoms with Crippen molar-refractivity contribution in [3.63, 3.8) is 0 Å². The summed E-state index contributed by atoms with van der Waals surface area (Å²) < 4.78 is 0. The van der Waals surface area contributed by atoms with Crippen molar-refractivity contribution in [3.05, 3.63) is 22.2 Å². The molecule has 5 heteroatoms. The average molecular weight is 207 g/mol. The van der Waals surface area contributed by atoms with E-state index in [0.29, 0.717) is 24.2 Å². The third-order valence-corrected chi connectivity index (χ3v) is 2.53. The molecule has 15 heavy (non-hydrogen) atoms. The number of aromatic amines is 1. The third kappa shape index (κ3) is 1.54. The summed E-state index contributed by atoms with van der Waals surface area (Å²) in [4.78, 5) is 31.4. The maximum Gasteiger partial charge on any atom is 0.256 e. The van der Waals surface area contributed by atoms with Crippen LogP contribution in [-0.2, 0) is 11.2 Å². The topological polar surface area (TPSA) is 66.1 Å². The number of nitrogens with zero attached hydrogens (tertiary/aromatic N) is 2. The molecule has 1 amide bonds. The molecule has 1 N–H and O–H groups in total. The minimum atomic E-state index is -0.141. The van der Waals surface area contributed by atoms with E-state index < -0.39 is 0 Å². The summed E-state index contributed by atoms with van der Waals surface area (Å²) in [6.07, 6.45) is 2.22. The smallest absolute Gasteiger partial charge is 0.256 e. The van der Waals surface area contributed by atoms with Crippen LogP contribution in [0.2, 0.25) is 0 Å².